The largest absolute Gasteiger partial charge is 0.495 e. The second-order valence-corrected chi connectivity index (χ2v) is 4.67. The smallest absolute Gasteiger partial charge is 0.137 e. The Morgan fingerprint density at radius 3 is 2.79 bits per heavy atom. The van der Waals surface area contributed by atoms with E-state index in [2.05, 4.69) is 17.3 Å². The van der Waals surface area contributed by atoms with Crippen molar-refractivity contribution < 1.29 is 4.74 Å². The first-order valence-electron chi connectivity index (χ1n) is 6.22. The van der Waals surface area contributed by atoms with E-state index in [9.17, 15) is 0 Å². The topological polar surface area (TPSA) is 39.1 Å². The predicted molar refractivity (Wildman–Crippen MR) is 76.7 cm³/mol. The van der Waals surface area contributed by atoms with Gasteiger partial charge in [0, 0.05) is 13.2 Å². The molecule has 0 saturated heterocycles. The van der Waals surface area contributed by atoms with Gasteiger partial charge in [0.15, 0.2) is 0 Å². The fraction of sp³-hybridized carbons (Fsp3) is 0.357. The molecule has 4 nitrogen and oxygen atoms in total. The molecule has 1 aromatic carbocycles. The second-order valence-electron chi connectivity index (χ2n) is 4.26. The highest BCUT2D eigenvalue weighted by Gasteiger charge is 2.17. The second kappa shape index (κ2) is 6.08. The van der Waals surface area contributed by atoms with Crippen LogP contribution in [-0.4, -0.2) is 23.4 Å². The van der Waals surface area contributed by atoms with Crippen LogP contribution in [0.3, 0.4) is 0 Å². The maximum Gasteiger partial charge on any atom is 0.137 e. The van der Waals surface area contributed by atoms with E-state index in [1.54, 1.807) is 13.3 Å². The van der Waals surface area contributed by atoms with E-state index in [-0.39, 0.29) is 6.04 Å². The molecule has 2 rings (SSSR count). The van der Waals surface area contributed by atoms with Crippen molar-refractivity contribution in [2.24, 2.45) is 7.05 Å². The van der Waals surface area contributed by atoms with Gasteiger partial charge in [-0.15, -0.1) is 0 Å². The molecular weight excluding hydrogens is 262 g/mol. The highest BCUT2D eigenvalue weighted by atomic mass is 35.5. The van der Waals surface area contributed by atoms with Crippen LogP contribution >= 0.6 is 11.6 Å². The van der Waals surface area contributed by atoms with Crippen molar-refractivity contribution in [2.45, 2.75) is 13.0 Å². The van der Waals surface area contributed by atoms with Gasteiger partial charge in [0.25, 0.3) is 0 Å². The van der Waals surface area contributed by atoms with Gasteiger partial charge in [0.2, 0.25) is 0 Å². The van der Waals surface area contributed by atoms with Crippen LogP contribution in [-0.2, 0) is 7.05 Å². The van der Waals surface area contributed by atoms with Gasteiger partial charge in [0.05, 0.1) is 23.9 Å². The Hall–Kier alpha value is -1.52. The summed E-state index contributed by atoms with van der Waals surface area (Å²) in [5.74, 6) is 0.684. The third-order valence-corrected chi connectivity index (χ3v) is 3.38. The number of hydrogen-bond donors (Lipinski definition) is 1. The molecule has 1 heterocycles. The molecule has 2 aromatic rings. The van der Waals surface area contributed by atoms with Crippen LogP contribution in [0.4, 0.5) is 0 Å². The number of halogens is 1. The van der Waals surface area contributed by atoms with Gasteiger partial charge < -0.3 is 10.1 Å². The Morgan fingerprint density at radius 1 is 1.42 bits per heavy atom. The van der Waals surface area contributed by atoms with E-state index >= 15 is 0 Å². The first kappa shape index (κ1) is 13.9. The van der Waals surface area contributed by atoms with E-state index in [1.807, 2.05) is 36.0 Å². The molecule has 0 amide bonds. The standard InChI is InChI=1S/C14H18ClN3O/c1-4-16-14(12-7-8-17-18(12)2)10-5-6-11(15)13(9-10)19-3/h5-9,14,16H,4H2,1-3H3. The van der Waals surface area contributed by atoms with Crippen molar-refractivity contribution in [3.8, 4) is 5.75 Å². The van der Waals surface area contributed by atoms with Crippen LogP contribution in [0.1, 0.15) is 24.2 Å². The normalized spacial score (nSPS) is 12.4. The molecule has 1 atom stereocenters. The lowest BCUT2D eigenvalue weighted by Gasteiger charge is -2.19. The Kier molecular flexibility index (Phi) is 4.45. The molecule has 0 saturated carbocycles. The molecular formula is C14H18ClN3O. The summed E-state index contributed by atoms with van der Waals surface area (Å²) in [6, 6.07) is 7.90. The van der Waals surface area contributed by atoms with E-state index in [1.165, 1.54) is 0 Å². The van der Waals surface area contributed by atoms with Gasteiger partial charge in [-0.1, -0.05) is 24.6 Å². The van der Waals surface area contributed by atoms with Gasteiger partial charge >= 0.3 is 0 Å². The zero-order valence-corrected chi connectivity index (χ0v) is 12.1. The molecule has 0 aliphatic rings. The minimum absolute atomic E-state index is 0.0728. The number of aryl methyl sites for hydroxylation is 1. The number of hydrogen-bond acceptors (Lipinski definition) is 3. The zero-order chi connectivity index (χ0) is 13.8. The summed E-state index contributed by atoms with van der Waals surface area (Å²) in [6.45, 7) is 2.94. The average Bonchev–Trinajstić information content (AvgIpc) is 2.83. The average molecular weight is 280 g/mol. The Labute approximate surface area is 118 Å². The molecule has 1 aromatic heterocycles. The third kappa shape index (κ3) is 2.91. The highest BCUT2D eigenvalue weighted by Crippen LogP contribution is 2.30. The minimum atomic E-state index is 0.0728. The summed E-state index contributed by atoms with van der Waals surface area (Å²) in [6.07, 6.45) is 1.80. The van der Waals surface area contributed by atoms with Crippen LogP contribution < -0.4 is 10.1 Å². The maximum absolute atomic E-state index is 6.07. The zero-order valence-electron chi connectivity index (χ0n) is 11.4. The number of nitrogens with one attached hydrogen (secondary N) is 1. The lowest BCUT2D eigenvalue weighted by Crippen LogP contribution is -2.24. The number of aromatic nitrogens is 2. The number of nitrogens with zero attached hydrogens (tertiary/aromatic N) is 2. The van der Waals surface area contributed by atoms with E-state index < -0.39 is 0 Å². The summed E-state index contributed by atoms with van der Waals surface area (Å²) >= 11 is 6.07. The Bertz CT molecular complexity index is 553. The fourth-order valence-corrected chi connectivity index (χ4v) is 2.32. The lowest BCUT2D eigenvalue weighted by molar-refractivity contribution is 0.413. The summed E-state index contributed by atoms with van der Waals surface area (Å²) in [7, 11) is 3.56. The van der Waals surface area contributed by atoms with E-state index in [0.717, 1.165) is 17.8 Å². The van der Waals surface area contributed by atoms with Crippen molar-refractivity contribution in [1.82, 2.24) is 15.1 Å². The predicted octanol–water partition coefficient (Wildman–Crippen LogP) is 2.78. The van der Waals surface area contributed by atoms with E-state index in [4.69, 9.17) is 16.3 Å². The van der Waals surface area contributed by atoms with E-state index in [0.29, 0.717) is 10.8 Å². The molecule has 1 N–H and O–H groups in total. The number of benzene rings is 1. The van der Waals surface area contributed by atoms with Crippen molar-refractivity contribution in [1.29, 1.82) is 0 Å². The van der Waals surface area contributed by atoms with Crippen LogP contribution in [0.2, 0.25) is 5.02 Å². The highest BCUT2D eigenvalue weighted by molar-refractivity contribution is 6.32. The molecule has 0 aliphatic heterocycles. The first-order valence-corrected chi connectivity index (χ1v) is 6.60. The Morgan fingerprint density at radius 2 is 2.21 bits per heavy atom. The molecule has 102 valence electrons. The maximum atomic E-state index is 6.07. The fourth-order valence-electron chi connectivity index (χ4n) is 2.12. The monoisotopic (exact) mass is 279 g/mol. The van der Waals surface area contributed by atoms with Gasteiger partial charge in [-0.2, -0.15) is 5.10 Å². The van der Waals surface area contributed by atoms with Crippen molar-refractivity contribution in [3.63, 3.8) is 0 Å². The summed E-state index contributed by atoms with van der Waals surface area (Å²) in [5, 5.41) is 8.30. The minimum Gasteiger partial charge on any atom is -0.495 e. The lowest BCUT2D eigenvalue weighted by atomic mass is 10.0. The number of rotatable bonds is 5. The summed E-state index contributed by atoms with van der Waals surface area (Å²) < 4.78 is 7.15. The summed E-state index contributed by atoms with van der Waals surface area (Å²) in [4.78, 5) is 0. The molecule has 1 unspecified atom stereocenters. The van der Waals surface area contributed by atoms with Crippen LogP contribution in [0.5, 0.6) is 5.75 Å². The molecule has 0 bridgehead atoms. The van der Waals surface area contributed by atoms with Crippen molar-refractivity contribution in [2.75, 3.05) is 13.7 Å². The van der Waals surface area contributed by atoms with Gasteiger partial charge in [-0.05, 0) is 30.3 Å². The van der Waals surface area contributed by atoms with Gasteiger partial charge in [-0.25, -0.2) is 0 Å². The molecule has 19 heavy (non-hydrogen) atoms. The number of methoxy groups -OCH3 is 1. The third-order valence-electron chi connectivity index (χ3n) is 3.07. The van der Waals surface area contributed by atoms with Crippen molar-refractivity contribution >= 4 is 11.6 Å². The van der Waals surface area contributed by atoms with Crippen molar-refractivity contribution in [3.05, 3.63) is 46.7 Å². The molecule has 0 spiro atoms. The van der Waals surface area contributed by atoms with Crippen LogP contribution in [0.25, 0.3) is 0 Å². The first-order chi connectivity index (χ1) is 9.17. The quantitative estimate of drug-likeness (QED) is 0.915. The molecule has 0 fully saturated rings. The summed E-state index contributed by atoms with van der Waals surface area (Å²) in [5.41, 5.74) is 2.21. The van der Waals surface area contributed by atoms with Crippen LogP contribution in [0.15, 0.2) is 30.5 Å². The number of ether oxygens (including phenoxy) is 1. The molecule has 0 radical (unpaired) electrons. The molecule has 5 heteroatoms. The SMILES string of the molecule is CCNC(c1ccc(Cl)c(OC)c1)c1ccnn1C. The van der Waals surface area contributed by atoms with Gasteiger partial charge in [-0.3, -0.25) is 4.68 Å². The van der Waals surface area contributed by atoms with Crippen LogP contribution in [0, 0.1) is 0 Å². The molecule has 0 aliphatic carbocycles. The van der Waals surface area contributed by atoms with Gasteiger partial charge in [0.1, 0.15) is 5.75 Å². The Balaban J connectivity index is 2.42.